The van der Waals surface area contributed by atoms with Crippen LogP contribution in [-0.2, 0) is 0 Å². The normalized spacial score (nSPS) is 12.1. The van der Waals surface area contributed by atoms with Crippen molar-refractivity contribution < 1.29 is 9.47 Å². The highest BCUT2D eigenvalue weighted by molar-refractivity contribution is 9.10. The molecule has 1 atom stereocenters. The number of hydrogen-bond donors (Lipinski definition) is 0. The van der Waals surface area contributed by atoms with E-state index in [0.29, 0.717) is 5.02 Å². The van der Waals surface area contributed by atoms with Crippen LogP contribution in [0.5, 0.6) is 11.5 Å². The van der Waals surface area contributed by atoms with Crippen LogP contribution in [0.15, 0.2) is 40.9 Å². The summed E-state index contributed by atoms with van der Waals surface area (Å²) in [6.07, 6.45) is 0. The number of benzene rings is 2. The number of rotatable bonds is 4. The number of alkyl halides is 1. The summed E-state index contributed by atoms with van der Waals surface area (Å²) in [4.78, 5) is -0.0856. The van der Waals surface area contributed by atoms with Crippen LogP contribution in [0, 0.1) is 0 Å². The van der Waals surface area contributed by atoms with Crippen molar-refractivity contribution in [2.75, 3.05) is 14.2 Å². The van der Waals surface area contributed by atoms with Gasteiger partial charge in [0, 0.05) is 10.0 Å². The van der Waals surface area contributed by atoms with E-state index in [1.807, 2.05) is 36.4 Å². The van der Waals surface area contributed by atoms with Gasteiger partial charge < -0.3 is 9.47 Å². The molecule has 0 radical (unpaired) electrons. The van der Waals surface area contributed by atoms with E-state index in [-0.39, 0.29) is 4.83 Å². The van der Waals surface area contributed by atoms with E-state index < -0.39 is 0 Å². The second-order valence-electron chi connectivity index (χ2n) is 4.11. The second-order valence-corrected chi connectivity index (χ2v) is 6.26. The van der Waals surface area contributed by atoms with Gasteiger partial charge in [0.25, 0.3) is 0 Å². The minimum Gasteiger partial charge on any atom is -0.497 e. The Hall–Kier alpha value is -0.710. The lowest BCUT2D eigenvalue weighted by Gasteiger charge is -2.17. The predicted molar refractivity (Wildman–Crippen MR) is 89.5 cm³/mol. The van der Waals surface area contributed by atoms with Crippen LogP contribution in [0.25, 0.3) is 0 Å². The highest BCUT2D eigenvalue weighted by Crippen LogP contribution is 2.42. The first-order chi connectivity index (χ1) is 9.58. The number of methoxy groups -OCH3 is 2. The Balaban J connectivity index is 2.51. The monoisotopic (exact) mass is 418 g/mol. The fourth-order valence-electron chi connectivity index (χ4n) is 1.92. The second kappa shape index (κ2) is 6.83. The van der Waals surface area contributed by atoms with Gasteiger partial charge in [-0.25, -0.2) is 0 Å². The van der Waals surface area contributed by atoms with Crippen molar-refractivity contribution in [2.45, 2.75) is 4.83 Å². The summed E-state index contributed by atoms with van der Waals surface area (Å²) in [6.45, 7) is 0. The minimum absolute atomic E-state index is 0.0856. The first kappa shape index (κ1) is 15.7. The third-order valence-electron chi connectivity index (χ3n) is 2.96. The van der Waals surface area contributed by atoms with Gasteiger partial charge >= 0.3 is 0 Å². The van der Waals surface area contributed by atoms with Gasteiger partial charge in [0.2, 0.25) is 0 Å². The standard InChI is InChI=1S/C15H13Br2ClO2/c1-19-9-6-7-13(20-2)11(8-9)14(17)10-4-3-5-12(16)15(10)18/h3-8,14H,1-2H3. The Kier molecular flexibility index (Phi) is 5.35. The van der Waals surface area contributed by atoms with Crippen LogP contribution in [0.3, 0.4) is 0 Å². The molecule has 0 aromatic heterocycles. The van der Waals surface area contributed by atoms with E-state index in [4.69, 9.17) is 21.1 Å². The molecular formula is C15H13Br2ClO2. The lowest BCUT2D eigenvalue weighted by atomic mass is 10.0. The number of hydrogen-bond acceptors (Lipinski definition) is 2. The number of halogens is 3. The fraction of sp³-hybridized carbons (Fsp3) is 0.200. The number of ether oxygens (including phenoxy) is 2. The molecule has 0 fully saturated rings. The molecule has 0 saturated carbocycles. The zero-order valence-electron chi connectivity index (χ0n) is 11.0. The maximum atomic E-state index is 6.36. The molecule has 2 aromatic rings. The largest absolute Gasteiger partial charge is 0.497 e. The zero-order valence-corrected chi connectivity index (χ0v) is 14.9. The fourth-order valence-corrected chi connectivity index (χ4v) is 3.41. The quantitative estimate of drug-likeness (QED) is 0.599. The van der Waals surface area contributed by atoms with Gasteiger partial charge in [0.05, 0.1) is 24.1 Å². The molecule has 0 spiro atoms. The Morgan fingerprint density at radius 2 is 1.80 bits per heavy atom. The van der Waals surface area contributed by atoms with Crippen LogP contribution in [0.4, 0.5) is 0 Å². The van der Waals surface area contributed by atoms with Gasteiger partial charge in [-0.15, -0.1) is 0 Å². The maximum Gasteiger partial charge on any atom is 0.123 e. The van der Waals surface area contributed by atoms with Crippen LogP contribution < -0.4 is 9.47 Å². The summed E-state index contributed by atoms with van der Waals surface area (Å²) in [6, 6.07) is 11.5. The Morgan fingerprint density at radius 1 is 1.05 bits per heavy atom. The Morgan fingerprint density at radius 3 is 2.45 bits per heavy atom. The topological polar surface area (TPSA) is 18.5 Å². The van der Waals surface area contributed by atoms with Gasteiger partial charge in [-0.05, 0) is 45.8 Å². The van der Waals surface area contributed by atoms with Crippen LogP contribution in [0.1, 0.15) is 16.0 Å². The average Bonchev–Trinajstić information content (AvgIpc) is 2.48. The van der Waals surface area contributed by atoms with Crippen molar-refractivity contribution >= 4 is 43.5 Å². The molecule has 0 heterocycles. The molecule has 2 nitrogen and oxygen atoms in total. The summed E-state index contributed by atoms with van der Waals surface area (Å²) in [5, 5.41) is 0.680. The highest BCUT2D eigenvalue weighted by Gasteiger charge is 2.19. The summed E-state index contributed by atoms with van der Waals surface area (Å²) >= 11 is 13.5. The van der Waals surface area contributed by atoms with Crippen molar-refractivity contribution in [3.05, 3.63) is 57.0 Å². The third-order valence-corrected chi connectivity index (χ3v) is 5.26. The van der Waals surface area contributed by atoms with Crippen molar-refractivity contribution in [1.82, 2.24) is 0 Å². The molecule has 2 aromatic carbocycles. The van der Waals surface area contributed by atoms with E-state index >= 15 is 0 Å². The minimum atomic E-state index is -0.0856. The van der Waals surface area contributed by atoms with Gasteiger partial charge in [-0.1, -0.05) is 39.7 Å². The molecule has 0 N–H and O–H groups in total. The SMILES string of the molecule is COc1ccc(OC)c(C(Br)c2cccc(Br)c2Cl)c1. The van der Waals surface area contributed by atoms with Crippen molar-refractivity contribution in [3.63, 3.8) is 0 Å². The van der Waals surface area contributed by atoms with E-state index in [9.17, 15) is 0 Å². The van der Waals surface area contributed by atoms with Gasteiger partial charge in [0.15, 0.2) is 0 Å². The van der Waals surface area contributed by atoms with E-state index in [1.165, 1.54) is 0 Å². The summed E-state index contributed by atoms with van der Waals surface area (Å²) < 4.78 is 11.6. The van der Waals surface area contributed by atoms with Crippen molar-refractivity contribution in [1.29, 1.82) is 0 Å². The first-order valence-electron chi connectivity index (χ1n) is 5.88. The molecule has 0 aliphatic carbocycles. The third kappa shape index (κ3) is 3.13. The maximum absolute atomic E-state index is 6.36. The van der Waals surface area contributed by atoms with Crippen molar-refractivity contribution in [3.8, 4) is 11.5 Å². The van der Waals surface area contributed by atoms with Crippen LogP contribution in [0.2, 0.25) is 5.02 Å². The molecule has 0 saturated heterocycles. The van der Waals surface area contributed by atoms with E-state index in [2.05, 4.69) is 31.9 Å². The first-order valence-corrected chi connectivity index (χ1v) is 7.97. The molecule has 0 amide bonds. The summed E-state index contributed by atoms with van der Waals surface area (Å²) in [5.41, 5.74) is 1.93. The van der Waals surface area contributed by atoms with Gasteiger partial charge in [0.1, 0.15) is 11.5 Å². The molecule has 0 aliphatic rings. The Bertz CT molecular complexity index is 617. The molecule has 0 bridgehead atoms. The zero-order chi connectivity index (χ0) is 14.7. The lowest BCUT2D eigenvalue weighted by molar-refractivity contribution is 0.399. The van der Waals surface area contributed by atoms with Crippen LogP contribution in [-0.4, -0.2) is 14.2 Å². The predicted octanol–water partition coefficient (Wildman–Crippen LogP) is 5.60. The molecular weight excluding hydrogens is 407 g/mol. The molecule has 2 rings (SSSR count). The summed E-state index contributed by atoms with van der Waals surface area (Å²) in [5.74, 6) is 1.56. The highest BCUT2D eigenvalue weighted by atomic mass is 79.9. The molecule has 20 heavy (non-hydrogen) atoms. The van der Waals surface area contributed by atoms with E-state index in [0.717, 1.165) is 27.1 Å². The van der Waals surface area contributed by atoms with Gasteiger partial charge in [-0.3, -0.25) is 0 Å². The lowest BCUT2D eigenvalue weighted by Crippen LogP contribution is -1.99. The Labute approximate surface area is 140 Å². The van der Waals surface area contributed by atoms with Crippen molar-refractivity contribution in [2.24, 2.45) is 0 Å². The molecule has 5 heteroatoms. The summed E-state index contributed by atoms with van der Waals surface area (Å²) in [7, 11) is 3.29. The van der Waals surface area contributed by atoms with E-state index in [1.54, 1.807) is 14.2 Å². The van der Waals surface area contributed by atoms with Gasteiger partial charge in [-0.2, -0.15) is 0 Å². The molecule has 0 aliphatic heterocycles. The average molecular weight is 421 g/mol. The van der Waals surface area contributed by atoms with Crippen LogP contribution >= 0.6 is 43.5 Å². The smallest absolute Gasteiger partial charge is 0.123 e. The molecule has 1 unspecified atom stereocenters. The molecule has 106 valence electrons.